The Morgan fingerprint density at radius 2 is 2.05 bits per heavy atom. The van der Waals surface area contributed by atoms with Gasteiger partial charge >= 0.3 is 6.09 Å². The van der Waals surface area contributed by atoms with Gasteiger partial charge in [-0.3, -0.25) is 0 Å². The van der Waals surface area contributed by atoms with Crippen molar-refractivity contribution >= 4 is 17.9 Å². The van der Waals surface area contributed by atoms with Crippen LogP contribution in [-0.2, 0) is 4.74 Å². The van der Waals surface area contributed by atoms with Crippen molar-refractivity contribution in [2.75, 3.05) is 31.1 Å². The average molecular weight is 302 g/mol. The van der Waals surface area contributed by atoms with E-state index >= 15 is 0 Å². The fourth-order valence-corrected chi connectivity index (χ4v) is 2.53. The Bertz CT molecular complexity index is 288. The normalized spacial score (nSPS) is 15.2. The molecule has 1 amide bonds. The third-order valence-electron chi connectivity index (χ3n) is 2.99. The van der Waals surface area contributed by atoms with Gasteiger partial charge in [-0.15, -0.1) is 0 Å². The molecule has 0 aliphatic heterocycles. The van der Waals surface area contributed by atoms with Gasteiger partial charge in [0.2, 0.25) is 0 Å². The van der Waals surface area contributed by atoms with Gasteiger partial charge in [0.05, 0.1) is 0 Å². The van der Waals surface area contributed by atoms with Gasteiger partial charge in [0, 0.05) is 19.1 Å². The Balaban J connectivity index is 2.18. The smallest absolute Gasteiger partial charge is 0.410 e. The van der Waals surface area contributed by atoms with Crippen LogP contribution in [0.4, 0.5) is 4.79 Å². The van der Waals surface area contributed by atoms with Crippen LogP contribution in [0.5, 0.6) is 0 Å². The summed E-state index contributed by atoms with van der Waals surface area (Å²) in [4.78, 5) is 14.0. The summed E-state index contributed by atoms with van der Waals surface area (Å²) in [7, 11) is 0. The molecule has 0 unspecified atom stereocenters. The summed E-state index contributed by atoms with van der Waals surface area (Å²) in [5.41, 5.74) is -0.408. The van der Waals surface area contributed by atoms with Crippen molar-refractivity contribution in [1.82, 2.24) is 10.2 Å². The van der Waals surface area contributed by atoms with E-state index in [4.69, 9.17) is 4.74 Å². The molecule has 0 radical (unpaired) electrons. The first-order valence-corrected chi connectivity index (χ1v) is 8.87. The van der Waals surface area contributed by atoms with Gasteiger partial charge in [-0.05, 0) is 58.1 Å². The van der Waals surface area contributed by atoms with Crippen molar-refractivity contribution in [1.29, 1.82) is 0 Å². The Morgan fingerprint density at radius 3 is 2.60 bits per heavy atom. The van der Waals surface area contributed by atoms with E-state index in [1.54, 1.807) is 0 Å². The molecule has 1 aliphatic carbocycles. The van der Waals surface area contributed by atoms with Crippen LogP contribution in [0.15, 0.2) is 0 Å². The summed E-state index contributed by atoms with van der Waals surface area (Å²) in [6, 6.07) is 0.405. The lowest BCUT2D eigenvalue weighted by Crippen LogP contribution is -2.41. The van der Waals surface area contributed by atoms with Crippen molar-refractivity contribution < 1.29 is 9.53 Å². The highest BCUT2D eigenvalue weighted by molar-refractivity contribution is 7.99. The van der Waals surface area contributed by atoms with Gasteiger partial charge < -0.3 is 15.0 Å². The molecule has 0 heterocycles. The van der Waals surface area contributed by atoms with Crippen LogP contribution >= 0.6 is 11.8 Å². The van der Waals surface area contributed by atoms with Crippen molar-refractivity contribution in [2.24, 2.45) is 0 Å². The largest absolute Gasteiger partial charge is 0.444 e. The number of nitrogens with zero attached hydrogens (tertiary/aromatic N) is 1. The van der Waals surface area contributed by atoms with Gasteiger partial charge in [-0.2, -0.15) is 11.8 Å². The van der Waals surface area contributed by atoms with Crippen molar-refractivity contribution in [3.63, 3.8) is 0 Å². The molecular weight excluding hydrogens is 272 g/mol. The predicted octanol–water partition coefficient (Wildman–Crippen LogP) is 3.12. The molecule has 118 valence electrons. The third kappa shape index (κ3) is 8.00. The lowest BCUT2D eigenvalue weighted by atomic mass is 10.2. The summed E-state index contributed by atoms with van der Waals surface area (Å²) < 4.78 is 5.47. The van der Waals surface area contributed by atoms with E-state index in [1.165, 1.54) is 17.9 Å². The second-order valence-corrected chi connectivity index (χ2v) is 7.60. The van der Waals surface area contributed by atoms with E-state index in [-0.39, 0.29) is 6.09 Å². The van der Waals surface area contributed by atoms with Crippen molar-refractivity contribution in [2.45, 2.75) is 58.6 Å². The molecule has 1 N–H and O–H groups in total. The summed E-state index contributed by atoms with van der Waals surface area (Å²) in [6.45, 7) is 10.6. The zero-order valence-electron chi connectivity index (χ0n) is 13.4. The molecule has 0 bridgehead atoms. The molecule has 4 nitrogen and oxygen atoms in total. The molecule has 0 spiro atoms. The molecule has 0 aromatic heterocycles. The molecule has 1 aliphatic rings. The minimum atomic E-state index is -0.408. The quantitative estimate of drug-likeness (QED) is 0.665. The van der Waals surface area contributed by atoms with Gasteiger partial charge in [0.1, 0.15) is 5.60 Å². The topological polar surface area (TPSA) is 41.6 Å². The fourth-order valence-electron chi connectivity index (χ4n) is 1.90. The lowest BCUT2D eigenvalue weighted by molar-refractivity contribution is 0.0236. The van der Waals surface area contributed by atoms with Crippen LogP contribution < -0.4 is 5.32 Å². The maximum absolute atomic E-state index is 12.1. The number of amides is 1. The first-order valence-electron chi connectivity index (χ1n) is 7.72. The number of hydrogen-bond acceptors (Lipinski definition) is 4. The zero-order valence-corrected chi connectivity index (χ0v) is 14.2. The van der Waals surface area contributed by atoms with Crippen LogP contribution in [0.2, 0.25) is 0 Å². The lowest BCUT2D eigenvalue weighted by Gasteiger charge is -2.27. The summed E-state index contributed by atoms with van der Waals surface area (Å²) >= 11 is 1.97. The zero-order chi connectivity index (χ0) is 15.0. The third-order valence-corrected chi connectivity index (χ3v) is 3.98. The molecule has 1 fully saturated rings. The number of carbonyl (C=O) groups excluding carboxylic acids is 1. The van der Waals surface area contributed by atoms with Crippen LogP contribution in [0, 0.1) is 0 Å². The Kier molecular flexibility index (Phi) is 7.74. The van der Waals surface area contributed by atoms with E-state index in [0.717, 1.165) is 32.5 Å². The maximum atomic E-state index is 12.1. The van der Waals surface area contributed by atoms with Crippen molar-refractivity contribution in [3.05, 3.63) is 0 Å². The monoisotopic (exact) mass is 302 g/mol. The molecule has 0 aromatic rings. The van der Waals surface area contributed by atoms with Crippen LogP contribution in [0.3, 0.4) is 0 Å². The summed E-state index contributed by atoms with van der Waals surface area (Å²) in [5.74, 6) is 2.40. The number of ether oxygens (including phenoxy) is 1. The first-order chi connectivity index (χ1) is 9.44. The van der Waals surface area contributed by atoms with Gasteiger partial charge in [-0.25, -0.2) is 4.79 Å². The second kappa shape index (κ2) is 8.78. The van der Waals surface area contributed by atoms with E-state index in [0.29, 0.717) is 6.04 Å². The minimum Gasteiger partial charge on any atom is -0.444 e. The van der Waals surface area contributed by atoms with E-state index in [9.17, 15) is 4.79 Å². The van der Waals surface area contributed by atoms with Gasteiger partial charge in [0.15, 0.2) is 0 Å². The molecule has 0 saturated heterocycles. The number of rotatable bonds is 9. The van der Waals surface area contributed by atoms with Crippen LogP contribution in [-0.4, -0.2) is 53.8 Å². The van der Waals surface area contributed by atoms with Crippen LogP contribution in [0.25, 0.3) is 0 Å². The minimum absolute atomic E-state index is 0.164. The Labute approximate surface area is 128 Å². The summed E-state index contributed by atoms with van der Waals surface area (Å²) in [5, 5.41) is 3.41. The fraction of sp³-hybridized carbons (Fsp3) is 0.933. The van der Waals surface area contributed by atoms with Gasteiger partial charge in [0.25, 0.3) is 0 Å². The maximum Gasteiger partial charge on any atom is 0.410 e. The van der Waals surface area contributed by atoms with E-state index in [2.05, 4.69) is 12.2 Å². The number of carbonyl (C=O) groups is 1. The number of thioether (sulfide) groups is 1. The molecule has 0 aromatic carbocycles. The molecule has 0 atom stereocenters. The molecule has 20 heavy (non-hydrogen) atoms. The molecule has 5 heteroatoms. The highest BCUT2D eigenvalue weighted by Gasteiger charge is 2.34. The molecule has 1 rings (SSSR count). The Hall–Kier alpha value is -0.420. The molecule has 1 saturated carbocycles. The van der Waals surface area contributed by atoms with Crippen LogP contribution in [0.1, 0.15) is 47.0 Å². The second-order valence-electron chi connectivity index (χ2n) is 6.21. The predicted molar refractivity (Wildman–Crippen MR) is 86.4 cm³/mol. The van der Waals surface area contributed by atoms with Gasteiger partial charge in [-0.1, -0.05) is 6.92 Å². The molecular formula is C15H30N2O2S. The van der Waals surface area contributed by atoms with E-state index < -0.39 is 5.60 Å². The first kappa shape index (κ1) is 17.6. The van der Waals surface area contributed by atoms with Crippen molar-refractivity contribution in [3.8, 4) is 0 Å². The highest BCUT2D eigenvalue weighted by Crippen LogP contribution is 2.27. The summed E-state index contributed by atoms with van der Waals surface area (Å²) in [6.07, 6.45) is 3.26. The SMILES string of the molecule is CCSCCCNCCN(C(=O)OC(C)(C)C)C1CC1. The average Bonchev–Trinajstić information content (AvgIpc) is 3.14. The standard InChI is InChI=1S/C15H30N2O2S/c1-5-20-12-6-9-16-10-11-17(13-7-8-13)14(18)19-15(2,3)4/h13,16H,5-12H2,1-4H3. The number of nitrogens with one attached hydrogen (secondary N) is 1. The number of hydrogen-bond donors (Lipinski definition) is 1. The highest BCUT2D eigenvalue weighted by atomic mass is 32.2. The Morgan fingerprint density at radius 1 is 1.35 bits per heavy atom. The van der Waals surface area contributed by atoms with E-state index in [1.807, 2.05) is 37.4 Å².